The molecule has 172 valence electrons. The minimum Gasteiger partial charge on any atom is -0.357 e. The molecule has 1 atom stereocenters. The number of benzene rings is 3. The van der Waals surface area contributed by atoms with Crippen LogP contribution in [0.5, 0.6) is 0 Å². The molecule has 1 aliphatic rings. The van der Waals surface area contributed by atoms with E-state index in [9.17, 15) is 13.7 Å². The third-order valence-corrected chi connectivity index (χ3v) is 7.92. The van der Waals surface area contributed by atoms with Crippen molar-refractivity contribution < 1.29 is 8.42 Å². The Kier molecular flexibility index (Phi) is 5.86. The van der Waals surface area contributed by atoms with Crippen molar-refractivity contribution in [3.63, 3.8) is 0 Å². The number of fused-ring (bicyclic) bond motifs is 1. The van der Waals surface area contributed by atoms with Gasteiger partial charge in [0, 0.05) is 29.7 Å². The highest BCUT2D eigenvalue weighted by molar-refractivity contribution is 7.89. The topological polar surface area (TPSA) is 89.0 Å². The molecule has 0 bridgehead atoms. The number of aryl methyl sites for hydroxylation is 1. The Balaban J connectivity index is 1.44. The van der Waals surface area contributed by atoms with Gasteiger partial charge in [0.25, 0.3) is 0 Å². The number of sulfonamides is 1. The van der Waals surface area contributed by atoms with Crippen LogP contribution in [0.25, 0.3) is 22.0 Å². The normalized spacial score (nSPS) is 16.1. The summed E-state index contributed by atoms with van der Waals surface area (Å²) >= 11 is 0. The minimum atomic E-state index is -3.66. The summed E-state index contributed by atoms with van der Waals surface area (Å²) in [6.45, 7) is 3.02. The quantitative estimate of drug-likeness (QED) is 0.377. The molecule has 0 unspecified atom stereocenters. The highest BCUT2D eigenvalue weighted by atomic mass is 32.2. The SMILES string of the molecule is Cc1ccc(S(=O)(=O)NCc2ccccc2)cc1-c1ccc2[nH]c([C@@H]3CCCN3C#N)cc2c1. The summed E-state index contributed by atoms with van der Waals surface area (Å²) in [6.07, 6.45) is 4.27. The molecule has 0 saturated carbocycles. The molecular weight excluding hydrogens is 444 g/mol. The number of aromatic amines is 1. The second kappa shape index (κ2) is 8.98. The van der Waals surface area contributed by atoms with E-state index in [-0.39, 0.29) is 17.5 Å². The van der Waals surface area contributed by atoms with E-state index in [0.717, 1.165) is 58.2 Å². The van der Waals surface area contributed by atoms with Crippen LogP contribution < -0.4 is 4.72 Å². The van der Waals surface area contributed by atoms with Crippen LogP contribution in [0.1, 0.15) is 35.7 Å². The molecule has 0 amide bonds. The fourth-order valence-corrected chi connectivity index (χ4v) is 5.69. The fraction of sp³-hybridized carbons (Fsp3) is 0.222. The van der Waals surface area contributed by atoms with Crippen molar-refractivity contribution in [3.05, 3.63) is 89.6 Å². The lowest BCUT2D eigenvalue weighted by molar-refractivity contribution is 0.369. The Morgan fingerprint density at radius 1 is 1.09 bits per heavy atom. The van der Waals surface area contributed by atoms with Crippen LogP contribution in [0, 0.1) is 18.4 Å². The van der Waals surface area contributed by atoms with Gasteiger partial charge < -0.3 is 9.88 Å². The number of rotatable bonds is 6. The van der Waals surface area contributed by atoms with Crippen molar-refractivity contribution in [1.82, 2.24) is 14.6 Å². The van der Waals surface area contributed by atoms with E-state index in [1.54, 1.807) is 12.1 Å². The van der Waals surface area contributed by atoms with Crippen LogP contribution >= 0.6 is 0 Å². The first-order chi connectivity index (χ1) is 16.4. The minimum absolute atomic E-state index is 0.0896. The molecule has 0 aliphatic carbocycles. The predicted molar refractivity (Wildman–Crippen MR) is 133 cm³/mol. The van der Waals surface area contributed by atoms with Gasteiger partial charge in [-0.15, -0.1) is 0 Å². The highest BCUT2D eigenvalue weighted by Crippen LogP contribution is 2.34. The molecule has 6 nitrogen and oxygen atoms in total. The maximum atomic E-state index is 13.0. The summed E-state index contributed by atoms with van der Waals surface area (Å²) in [4.78, 5) is 5.54. The molecule has 5 rings (SSSR count). The molecule has 0 spiro atoms. The van der Waals surface area contributed by atoms with Crippen LogP contribution in [0.4, 0.5) is 0 Å². The molecule has 0 radical (unpaired) electrons. The number of hydrogen-bond donors (Lipinski definition) is 2. The van der Waals surface area contributed by atoms with E-state index in [1.807, 2.05) is 60.4 Å². The number of likely N-dealkylation sites (tertiary alicyclic amines) is 1. The summed E-state index contributed by atoms with van der Waals surface area (Å²) in [6, 6.07) is 23.0. The van der Waals surface area contributed by atoms with Crippen molar-refractivity contribution in [3.8, 4) is 17.3 Å². The van der Waals surface area contributed by atoms with Gasteiger partial charge in [0.15, 0.2) is 6.19 Å². The first-order valence-electron chi connectivity index (χ1n) is 11.4. The number of hydrogen-bond acceptors (Lipinski definition) is 4. The summed E-state index contributed by atoms with van der Waals surface area (Å²) in [7, 11) is -3.66. The van der Waals surface area contributed by atoms with Crippen molar-refractivity contribution in [2.75, 3.05) is 6.54 Å². The molecule has 2 heterocycles. The number of H-pyrrole nitrogens is 1. The van der Waals surface area contributed by atoms with Crippen molar-refractivity contribution in [2.45, 2.75) is 37.2 Å². The van der Waals surface area contributed by atoms with Crippen LogP contribution in [-0.2, 0) is 16.6 Å². The van der Waals surface area contributed by atoms with Crippen molar-refractivity contribution in [2.24, 2.45) is 0 Å². The monoisotopic (exact) mass is 470 g/mol. The second-order valence-electron chi connectivity index (χ2n) is 8.77. The molecule has 2 N–H and O–H groups in total. The zero-order chi connectivity index (χ0) is 23.7. The largest absolute Gasteiger partial charge is 0.357 e. The van der Waals surface area contributed by atoms with Gasteiger partial charge in [0.05, 0.1) is 10.9 Å². The molecule has 7 heteroatoms. The van der Waals surface area contributed by atoms with E-state index in [4.69, 9.17) is 0 Å². The van der Waals surface area contributed by atoms with Gasteiger partial charge in [-0.05, 0) is 72.4 Å². The van der Waals surface area contributed by atoms with Crippen molar-refractivity contribution in [1.29, 1.82) is 5.26 Å². The standard InChI is InChI=1S/C27H26N4O2S/c1-19-9-11-23(34(32,33)29-17-20-6-3-2-4-7-20)16-24(19)21-10-12-25-22(14-21)15-26(30-25)27-8-5-13-31(27)18-28/h2-4,6-7,9-12,14-16,27,29-30H,5,8,13,17H2,1H3/t27-/m0/s1. The molecule has 4 aromatic rings. The number of aromatic nitrogens is 1. The van der Waals surface area contributed by atoms with E-state index in [2.05, 4.69) is 28.0 Å². The van der Waals surface area contributed by atoms with Crippen LogP contribution in [0.3, 0.4) is 0 Å². The first-order valence-corrected chi connectivity index (χ1v) is 12.9. The fourth-order valence-electron chi connectivity index (χ4n) is 4.65. The van der Waals surface area contributed by atoms with Crippen LogP contribution in [-0.4, -0.2) is 24.8 Å². The smallest absolute Gasteiger partial charge is 0.240 e. The van der Waals surface area contributed by atoms with Crippen LogP contribution in [0.2, 0.25) is 0 Å². The molecule has 1 aromatic heterocycles. The third kappa shape index (κ3) is 4.30. The Bertz CT molecular complexity index is 1490. The summed E-state index contributed by atoms with van der Waals surface area (Å²) in [5, 5.41) is 10.4. The van der Waals surface area contributed by atoms with E-state index in [0.29, 0.717) is 0 Å². The lowest BCUT2D eigenvalue weighted by atomic mass is 9.99. The van der Waals surface area contributed by atoms with Gasteiger partial charge >= 0.3 is 0 Å². The van der Waals surface area contributed by atoms with Gasteiger partial charge in [0.2, 0.25) is 10.0 Å². The van der Waals surface area contributed by atoms with E-state index < -0.39 is 10.0 Å². The maximum Gasteiger partial charge on any atom is 0.240 e. The summed E-state index contributed by atoms with van der Waals surface area (Å²) in [5.74, 6) is 0. The number of nitrogens with one attached hydrogen (secondary N) is 2. The summed E-state index contributed by atoms with van der Waals surface area (Å²) < 4.78 is 28.7. The first kappa shape index (κ1) is 22.2. The zero-order valence-electron chi connectivity index (χ0n) is 19.0. The van der Waals surface area contributed by atoms with E-state index in [1.165, 1.54) is 0 Å². The van der Waals surface area contributed by atoms with Gasteiger partial charge in [-0.3, -0.25) is 0 Å². The molecule has 1 saturated heterocycles. The Labute approximate surface area is 199 Å². The molecule has 34 heavy (non-hydrogen) atoms. The molecule has 3 aromatic carbocycles. The molecular formula is C27H26N4O2S. The van der Waals surface area contributed by atoms with Gasteiger partial charge in [0.1, 0.15) is 0 Å². The average molecular weight is 471 g/mol. The molecule has 1 fully saturated rings. The van der Waals surface area contributed by atoms with E-state index >= 15 is 0 Å². The maximum absolute atomic E-state index is 13.0. The average Bonchev–Trinajstić information content (AvgIpc) is 3.49. The Morgan fingerprint density at radius 3 is 2.71 bits per heavy atom. The number of nitrogens with zero attached hydrogens (tertiary/aromatic N) is 2. The zero-order valence-corrected chi connectivity index (χ0v) is 19.8. The Hall–Kier alpha value is -3.60. The lowest BCUT2D eigenvalue weighted by Gasteiger charge is -2.16. The Morgan fingerprint density at radius 2 is 1.91 bits per heavy atom. The highest BCUT2D eigenvalue weighted by Gasteiger charge is 2.26. The third-order valence-electron chi connectivity index (χ3n) is 6.52. The lowest BCUT2D eigenvalue weighted by Crippen LogP contribution is -2.23. The van der Waals surface area contributed by atoms with Crippen LogP contribution in [0.15, 0.2) is 77.7 Å². The second-order valence-corrected chi connectivity index (χ2v) is 10.5. The predicted octanol–water partition coefficient (Wildman–Crippen LogP) is 5.24. The van der Waals surface area contributed by atoms with Gasteiger partial charge in [-0.25, -0.2) is 13.1 Å². The van der Waals surface area contributed by atoms with Crippen molar-refractivity contribution >= 4 is 20.9 Å². The van der Waals surface area contributed by atoms with Gasteiger partial charge in [-0.1, -0.05) is 42.5 Å². The van der Waals surface area contributed by atoms with Gasteiger partial charge in [-0.2, -0.15) is 5.26 Å². The number of nitriles is 1. The summed E-state index contributed by atoms with van der Waals surface area (Å²) in [5.41, 5.74) is 5.80. The molecule has 1 aliphatic heterocycles.